The maximum absolute atomic E-state index is 10.6. The van der Waals surface area contributed by atoms with Gasteiger partial charge in [-0.25, -0.2) is 24.5 Å². The lowest BCUT2D eigenvalue weighted by atomic mass is 10.2. The Morgan fingerprint density at radius 2 is 1.67 bits per heavy atom. The van der Waals surface area contributed by atoms with Crippen LogP contribution in [-0.4, -0.2) is 86.2 Å². The van der Waals surface area contributed by atoms with E-state index in [9.17, 15) is 19.2 Å². The predicted molar refractivity (Wildman–Crippen MR) is 111 cm³/mol. The second kappa shape index (κ2) is 16.3. The number of nitrogens with zero attached hydrogens (tertiary/aromatic N) is 3. The second-order valence-electron chi connectivity index (χ2n) is 5.93. The number of carbonyl (C=O) groups excluding carboxylic acids is 1. The number of aliphatic hydroxyl groups excluding tert-OH is 1. The fraction of sp³-hybridized carbons (Fsp3) is 0.278. The Morgan fingerprint density at radius 3 is 2.00 bits per heavy atom. The zero-order valence-electron chi connectivity index (χ0n) is 17.5. The third-order valence-electron chi connectivity index (χ3n) is 3.19. The van der Waals surface area contributed by atoms with Crippen molar-refractivity contribution in [3.8, 4) is 0 Å². The molecule has 33 heavy (non-hydrogen) atoms. The Kier molecular flexibility index (Phi) is 14.2. The number of Topliss-reactive ketones (excluding diaryl/α,β-unsaturated/α-hetero) is 1. The third-order valence-corrected chi connectivity index (χ3v) is 3.19. The maximum Gasteiger partial charge on any atom is 0.372 e. The summed E-state index contributed by atoms with van der Waals surface area (Å²) in [6, 6.07) is -0.863. The van der Waals surface area contributed by atoms with Crippen molar-refractivity contribution in [2.45, 2.75) is 31.9 Å². The summed E-state index contributed by atoms with van der Waals surface area (Å²) >= 11 is 0. The summed E-state index contributed by atoms with van der Waals surface area (Å²) in [5.74, 6) is -4.11. The summed E-state index contributed by atoms with van der Waals surface area (Å²) < 4.78 is 0. The van der Waals surface area contributed by atoms with E-state index in [1.54, 1.807) is 24.9 Å². The van der Waals surface area contributed by atoms with Crippen LogP contribution in [0.5, 0.6) is 0 Å². The van der Waals surface area contributed by atoms with Crippen LogP contribution in [0.3, 0.4) is 0 Å². The highest BCUT2D eigenvalue weighted by Gasteiger charge is 2.13. The van der Waals surface area contributed by atoms with Crippen LogP contribution in [0, 0.1) is 0 Å². The second-order valence-corrected chi connectivity index (χ2v) is 5.93. The first kappa shape index (κ1) is 28.6. The molecule has 0 spiro atoms. The molecule has 0 fully saturated rings. The van der Waals surface area contributed by atoms with Gasteiger partial charge in [0, 0.05) is 37.4 Å². The molecule has 9 N–H and O–H groups in total. The van der Waals surface area contributed by atoms with Gasteiger partial charge in [-0.05, 0) is 6.92 Å². The topological polar surface area (TPSA) is 261 Å². The van der Waals surface area contributed by atoms with E-state index in [-0.39, 0.29) is 12.8 Å². The predicted octanol–water partition coefficient (Wildman–Crippen LogP) is -1.17. The van der Waals surface area contributed by atoms with Gasteiger partial charge in [0.2, 0.25) is 5.78 Å². The fourth-order valence-corrected chi connectivity index (χ4v) is 1.55. The summed E-state index contributed by atoms with van der Waals surface area (Å²) in [5.41, 5.74) is 5.92. The van der Waals surface area contributed by atoms with Crippen molar-refractivity contribution in [3.63, 3.8) is 0 Å². The molecular weight excluding hydrogens is 442 g/mol. The molecule has 0 saturated heterocycles. The number of ketones is 1. The van der Waals surface area contributed by atoms with Gasteiger partial charge in [0.05, 0.1) is 24.8 Å². The highest BCUT2D eigenvalue weighted by molar-refractivity contribution is 6.33. The third kappa shape index (κ3) is 15.1. The SMILES string of the molecule is CC(O)C(=O)O.NC(Cc1c[nH]cn1)C(=O)O.O=C(O)C(=O)Cc1ncc[nH]1.c1c[nH]cn1. The first-order valence-electron chi connectivity index (χ1n) is 9.08. The number of H-pyrrole nitrogens is 3. The number of nitrogens with one attached hydrogen (secondary N) is 3. The Morgan fingerprint density at radius 1 is 1.00 bits per heavy atom. The quantitative estimate of drug-likeness (QED) is 0.191. The molecule has 15 heteroatoms. The van der Waals surface area contributed by atoms with E-state index in [4.69, 9.17) is 26.2 Å². The van der Waals surface area contributed by atoms with Gasteiger partial charge in [-0.2, -0.15) is 0 Å². The lowest BCUT2D eigenvalue weighted by Gasteiger charge is -2.01. The maximum atomic E-state index is 10.6. The molecule has 0 aromatic carbocycles. The molecule has 0 bridgehead atoms. The first-order chi connectivity index (χ1) is 15.5. The zero-order valence-corrected chi connectivity index (χ0v) is 17.5. The van der Waals surface area contributed by atoms with Crippen LogP contribution in [-0.2, 0) is 32.0 Å². The van der Waals surface area contributed by atoms with Crippen molar-refractivity contribution in [1.82, 2.24) is 29.9 Å². The molecule has 0 amide bonds. The molecular formula is C18H25N7O8. The van der Waals surface area contributed by atoms with Gasteiger partial charge in [0.25, 0.3) is 0 Å². The van der Waals surface area contributed by atoms with E-state index in [2.05, 4.69) is 29.9 Å². The molecule has 0 aliphatic heterocycles. The molecule has 180 valence electrons. The highest BCUT2D eigenvalue weighted by atomic mass is 16.4. The van der Waals surface area contributed by atoms with E-state index in [1.807, 2.05) is 0 Å². The van der Waals surface area contributed by atoms with Crippen molar-refractivity contribution in [2.75, 3.05) is 0 Å². The van der Waals surface area contributed by atoms with Gasteiger partial charge in [-0.15, -0.1) is 0 Å². The molecule has 0 aliphatic carbocycles. The van der Waals surface area contributed by atoms with Crippen LogP contribution in [0.2, 0.25) is 0 Å². The lowest BCUT2D eigenvalue weighted by molar-refractivity contribution is -0.148. The first-order valence-corrected chi connectivity index (χ1v) is 9.08. The fourth-order valence-electron chi connectivity index (χ4n) is 1.55. The molecule has 0 radical (unpaired) electrons. The van der Waals surface area contributed by atoms with Crippen LogP contribution >= 0.6 is 0 Å². The number of imidazole rings is 3. The number of aromatic amines is 3. The number of rotatable bonds is 7. The van der Waals surface area contributed by atoms with Crippen molar-refractivity contribution in [3.05, 3.63) is 55.2 Å². The van der Waals surface area contributed by atoms with Crippen LogP contribution in [0.4, 0.5) is 0 Å². The Bertz CT molecular complexity index is 908. The minimum Gasteiger partial charge on any atom is -0.480 e. The standard InChI is InChI=1S/C6H9N3O2.C6H6N2O3.C3H4N2.C3H6O3/c7-5(6(10)11)1-4-2-8-3-9-4;9-4(6(10)11)3-5-7-1-2-8-5;1-2-5-3-4-1;1-2(4)3(5)6/h2-3,5H,1,7H2,(H,8,9)(H,10,11);1-2H,3H2,(H,7,8)(H,10,11);1-3H,(H,4,5);2,4H,1H3,(H,5,6). The van der Waals surface area contributed by atoms with Crippen LogP contribution < -0.4 is 5.73 Å². The Hall–Kier alpha value is -4.37. The summed E-state index contributed by atoms with van der Waals surface area (Å²) in [6.45, 7) is 1.20. The van der Waals surface area contributed by atoms with E-state index < -0.39 is 35.8 Å². The molecule has 2 unspecified atom stereocenters. The molecule has 0 saturated carbocycles. The number of carboxylic acid groups (broad SMARTS) is 3. The van der Waals surface area contributed by atoms with E-state index in [1.165, 1.54) is 25.6 Å². The smallest absolute Gasteiger partial charge is 0.372 e. The van der Waals surface area contributed by atoms with E-state index in [0.29, 0.717) is 11.5 Å². The minimum absolute atomic E-state index is 0.178. The number of carboxylic acids is 3. The number of hydrogen-bond donors (Lipinski definition) is 8. The minimum atomic E-state index is -1.43. The van der Waals surface area contributed by atoms with Gasteiger partial charge in [0.15, 0.2) is 0 Å². The van der Waals surface area contributed by atoms with Crippen LogP contribution in [0.25, 0.3) is 0 Å². The van der Waals surface area contributed by atoms with Gasteiger partial charge in [-0.3, -0.25) is 9.59 Å². The van der Waals surface area contributed by atoms with Crippen molar-refractivity contribution in [1.29, 1.82) is 0 Å². The molecule has 15 nitrogen and oxygen atoms in total. The van der Waals surface area contributed by atoms with Gasteiger partial charge >= 0.3 is 17.9 Å². The summed E-state index contributed by atoms with van der Waals surface area (Å²) in [7, 11) is 0. The molecule has 3 rings (SSSR count). The Labute approximate surface area is 186 Å². The average molecular weight is 467 g/mol. The number of aliphatic hydroxyl groups is 1. The molecule has 0 aliphatic rings. The number of aliphatic carboxylic acids is 3. The average Bonchev–Trinajstić information content (AvgIpc) is 3.53. The van der Waals surface area contributed by atoms with Gasteiger partial charge in [0.1, 0.15) is 18.0 Å². The normalized spacial score (nSPS) is 11.1. The number of nitrogens with two attached hydrogens (primary N) is 1. The van der Waals surface area contributed by atoms with Crippen LogP contribution in [0.1, 0.15) is 18.4 Å². The highest BCUT2D eigenvalue weighted by Crippen LogP contribution is 1.95. The van der Waals surface area contributed by atoms with Crippen LogP contribution in [0.15, 0.2) is 43.6 Å². The van der Waals surface area contributed by atoms with Crippen molar-refractivity contribution in [2.24, 2.45) is 5.73 Å². The number of hydrogen-bond acceptors (Lipinski definition) is 9. The monoisotopic (exact) mass is 467 g/mol. The largest absolute Gasteiger partial charge is 0.480 e. The number of aromatic nitrogens is 6. The summed E-state index contributed by atoms with van der Waals surface area (Å²) in [6.07, 6.45) is 10.0. The lowest BCUT2D eigenvalue weighted by Crippen LogP contribution is -2.32. The van der Waals surface area contributed by atoms with Crippen molar-refractivity contribution >= 4 is 23.7 Å². The Balaban J connectivity index is 0.000000436. The zero-order chi connectivity index (χ0) is 25.2. The molecule has 3 aromatic heterocycles. The van der Waals surface area contributed by atoms with E-state index >= 15 is 0 Å². The summed E-state index contributed by atoms with van der Waals surface area (Å²) in [4.78, 5) is 59.6. The molecule has 3 heterocycles. The number of carbonyl (C=O) groups is 4. The van der Waals surface area contributed by atoms with Gasteiger partial charge in [-0.1, -0.05) is 0 Å². The summed E-state index contributed by atoms with van der Waals surface area (Å²) in [5, 5.41) is 32.4. The molecule has 2 atom stereocenters. The van der Waals surface area contributed by atoms with Crippen molar-refractivity contribution < 1.29 is 39.6 Å². The molecule has 3 aromatic rings. The van der Waals surface area contributed by atoms with E-state index in [0.717, 1.165) is 0 Å². The van der Waals surface area contributed by atoms with Gasteiger partial charge < -0.3 is 41.1 Å².